The summed E-state index contributed by atoms with van der Waals surface area (Å²) in [4.78, 5) is 21.0. The van der Waals surface area contributed by atoms with Crippen LogP contribution in [0.25, 0.3) is 11.0 Å². The van der Waals surface area contributed by atoms with E-state index in [2.05, 4.69) is 24.8 Å². The molecule has 7 heteroatoms. The van der Waals surface area contributed by atoms with Crippen LogP contribution >= 0.6 is 0 Å². The highest BCUT2D eigenvalue weighted by molar-refractivity contribution is 6.00. The fourth-order valence-corrected chi connectivity index (χ4v) is 5.35. The fourth-order valence-electron chi connectivity index (χ4n) is 5.35. The Morgan fingerprint density at radius 1 is 1.03 bits per heavy atom. The molecule has 6 rings (SSSR count). The standard InChI is InChI=1S/C31H27N3O4/c1-19(2)28(34-13-12-33-31(34)22-9-11-25-27(16-22)37-18-36-25)30-24(14-20-6-4-3-5-7-20)29(35)23-10-8-21(17-32)15-26(23)38-30/h3-11,15-16,19,28H,12-14,18H2,1-2H3. The maximum absolute atomic E-state index is 14.0. The van der Waals surface area contributed by atoms with Gasteiger partial charge in [0.2, 0.25) is 6.79 Å². The van der Waals surface area contributed by atoms with Gasteiger partial charge in [-0.25, -0.2) is 0 Å². The van der Waals surface area contributed by atoms with Gasteiger partial charge in [-0.1, -0.05) is 44.2 Å². The van der Waals surface area contributed by atoms with E-state index in [4.69, 9.17) is 18.9 Å². The first-order chi connectivity index (χ1) is 18.5. The predicted molar refractivity (Wildman–Crippen MR) is 145 cm³/mol. The summed E-state index contributed by atoms with van der Waals surface area (Å²) in [5, 5.41) is 9.95. The molecule has 0 aliphatic carbocycles. The number of benzene rings is 3. The molecule has 1 aromatic heterocycles. The third-order valence-electron chi connectivity index (χ3n) is 7.11. The lowest BCUT2D eigenvalue weighted by Gasteiger charge is -2.34. The molecular formula is C31H27N3O4. The second-order valence-corrected chi connectivity index (χ2v) is 9.91. The van der Waals surface area contributed by atoms with Crippen LogP contribution in [0, 0.1) is 17.2 Å². The molecule has 190 valence electrons. The van der Waals surface area contributed by atoms with Crippen LogP contribution in [0.15, 0.2) is 80.9 Å². The van der Waals surface area contributed by atoms with Crippen LogP contribution in [-0.2, 0) is 6.42 Å². The average Bonchev–Trinajstić information content (AvgIpc) is 3.60. The lowest BCUT2D eigenvalue weighted by atomic mass is 9.92. The molecule has 0 N–H and O–H groups in total. The molecule has 0 saturated carbocycles. The lowest BCUT2D eigenvalue weighted by Crippen LogP contribution is -2.37. The highest BCUT2D eigenvalue weighted by atomic mass is 16.7. The van der Waals surface area contributed by atoms with E-state index in [1.54, 1.807) is 18.2 Å². The molecule has 1 atom stereocenters. The highest BCUT2D eigenvalue weighted by Crippen LogP contribution is 2.38. The Labute approximate surface area is 220 Å². The Bertz CT molecular complexity index is 1650. The van der Waals surface area contributed by atoms with Gasteiger partial charge in [-0.15, -0.1) is 0 Å². The van der Waals surface area contributed by atoms with Crippen molar-refractivity contribution in [2.24, 2.45) is 10.9 Å². The molecule has 4 aromatic rings. The quantitative estimate of drug-likeness (QED) is 0.347. The highest BCUT2D eigenvalue weighted by Gasteiger charge is 2.35. The second-order valence-electron chi connectivity index (χ2n) is 9.91. The number of fused-ring (bicyclic) bond motifs is 2. The number of nitriles is 1. The molecule has 2 aliphatic rings. The molecule has 1 unspecified atom stereocenters. The molecular weight excluding hydrogens is 478 g/mol. The van der Waals surface area contributed by atoms with E-state index < -0.39 is 0 Å². The van der Waals surface area contributed by atoms with Gasteiger partial charge < -0.3 is 18.8 Å². The number of ether oxygens (including phenoxy) is 2. The van der Waals surface area contributed by atoms with Crippen molar-refractivity contribution >= 4 is 16.8 Å². The Hall–Kier alpha value is -4.57. The topological polar surface area (TPSA) is 88.1 Å². The number of hydrogen-bond donors (Lipinski definition) is 0. The van der Waals surface area contributed by atoms with Crippen molar-refractivity contribution in [1.29, 1.82) is 5.26 Å². The van der Waals surface area contributed by atoms with Crippen molar-refractivity contribution < 1.29 is 13.9 Å². The summed E-state index contributed by atoms with van der Waals surface area (Å²) in [6, 6.07) is 22.7. The van der Waals surface area contributed by atoms with Gasteiger partial charge in [0.05, 0.1) is 29.6 Å². The van der Waals surface area contributed by atoms with Crippen LogP contribution in [0.2, 0.25) is 0 Å². The number of rotatable bonds is 6. The first-order valence-electron chi connectivity index (χ1n) is 12.8. The van der Waals surface area contributed by atoms with Gasteiger partial charge in [0.25, 0.3) is 0 Å². The normalized spacial score (nSPS) is 15.1. The maximum atomic E-state index is 14.0. The number of amidine groups is 1. The van der Waals surface area contributed by atoms with Crippen molar-refractivity contribution in [1.82, 2.24) is 4.90 Å². The minimum Gasteiger partial charge on any atom is -0.458 e. The molecule has 38 heavy (non-hydrogen) atoms. The first kappa shape index (κ1) is 23.8. The maximum Gasteiger partial charge on any atom is 0.231 e. The zero-order chi connectivity index (χ0) is 26.2. The van der Waals surface area contributed by atoms with Gasteiger partial charge in [0.1, 0.15) is 17.2 Å². The van der Waals surface area contributed by atoms with Crippen LogP contribution < -0.4 is 14.9 Å². The molecule has 0 radical (unpaired) electrons. The van der Waals surface area contributed by atoms with Gasteiger partial charge in [0.15, 0.2) is 16.9 Å². The SMILES string of the molecule is CC(C)C(c1oc2cc(C#N)ccc2c(=O)c1Cc1ccccc1)N1CCN=C1c1ccc2c(c1)OCO2. The molecule has 0 amide bonds. The van der Waals surface area contributed by atoms with Crippen molar-refractivity contribution in [3.63, 3.8) is 0 Å². The summed E-state index contributed by atoms with van der Waals surface area (Å²) in [6.07, 6.45) is 0.446. The van der Waals surface area contributed by atoms with Gasteiger partial charge in [-0.3, -0.25) is 9.79 Å². The summed E-state index contributed by atoms with van der Waals surface area (Å²) < 4.78 is 17.7. The zero-order valence-corrected chi connectivity index (χ0v) is 21.3. The zero-order valence-electron chi connectivity index (χ0n) is 21.3. The second kappa shape index (κ2) is 9.71. The van der Waals surface area contributed by atoms with Crippen LogP contribution in [0.3, 0.4) is 0 Å². The van der Waals surface area contributed by atoms with Crippen LogP contribution in [0.4, 0.5) is 0 Å². The van der Waals surface area contributed by atoms with E-state index in [1.807, 2.05) is 48.5 Å². The summed E-state index contributed by atoms with van der Waals surface area (Å²) >= 11 is 0. The monoisotopic (exact) mass is 505 g/mol. The number of nitrogens with zero attached hydrogens (tertiary/aromatic N) is 3. The molecule has 2 aliphatic heterocycles. The largest absolute Gasteiger partial charge is 0.458 e. The molecule has 3 aromatic carbocycles. The smallest absolute Gasteiger partial charge is 0.231 e. The first-order valence-corrected chi connectivity index (χ1v) is 12.8. The van der Waals surface area contributed by atoms with Crippen LogP contribution in [0.5, 0.6) is 11.5 Å². The van der Waals surface area contributed by atoms with Gasteiger partial charge in [0, 0.05) is 24.1 Å². The summed E-state index contributed by atoms with van der Waals surface area (Å²) in [5.74, 6) is 2.97. The average molecular weight is 506 g/mol. The van der Waals surface area contributed by atoms with E-state index in [0.717, 1.165) is 22.7 Å². The third kappa shape index (κ3) is 4.18. The Morgan fingerprint density at radius 2 is 1.84 bits per heavy atom. The van der Waals surface area contributed by atoms with Crippen molar-refractivity contribution in [2.45, 2.75) is 26.3 Å². The lowest BCUT2D eigenvalue weighted by molar-refractivity contribution is 0.174. The molecule has 0 spiro atoms. The van der Waals surface area contributed by atoms with Crippen molar-refractivity contribution in [2.75, 3.05) is 19.9 Å². The fraction of sp³-hybridized carbons (Fsp3) is 0.258. The molecule has 0 saturated heterocycles. The van der Waals surface area contributed by atoms with E-state index in [-0.39, 0.29) is 24.2 Å². The predicted octanol–water partition coefficient (Wildman–Crippen LogP) is 5.44. The third-order valence-corrected chi connectivity index (χ3v) is 7.11. The van der Waals surface area contributed by atoms with Crippen molar-refractivity contribution in [3.8, 4) is 17.6 Å². The van der Waals surface area contributed by atoms with E-state index in [9.17, 15) is 10.1 Å². The van der Waals surface area contributed by atoms with Crippen LogP contribution in [0.1, 0.15) is 47.9 Å². The van der Waals surface area contributed by atoms with E-state index >= 15 is 0 Å². The van der Waals surface area contributed by atoms with Crippen molar-refractivity contribution in [3.05, 3.63) is 105 Å². The van der Waals surface area contributed by atoms with Crippen LogP contribution in [-0.4, -0.2) is 30.6 Å². The molecule has 3 heterocycles. The minimum absolute atomic E-state index is 0.0685. The molecule has 7 nitrogen and oxygen atoms in total. The number of hydrogen-bond acceptors (Lipinski definition) is 7. The summed E-state index contributed by atoms with van der Waals surface area (Å²) in [6.45, 7) is 5.79. The minimum atomic E-state index is -0.247. The Kier molecular flexibility index (Phi) is 6.09. The van der Waals surface area contributed by atoms with E-state index in [1.165, 1.54) is 0 Å². The summed E-state index contributed by atoms with van der Waals surface area (Å²) in [5.41, 5.74) is 3.39. The Morgan fingerprint density at radius 3 is 2.63 bits per heavy atom. The van der Waals surface area contributed by atoms with Gasteiger partial charge in [-0.05, 0) is 47.9 Å². The molecule has 0 fully saturated rings. The molecule has 0 bridgehead atoms. The summed E-state index contributed by atoms with van der Waals surface area (Å²) in [7, 11) is 0. The van der Waals surface area contributed by atoms with Gasteiger partial charge >= 0.3 is 0 Å². The van der Waals surface area contributed by atoms with E-state index in [0.29, 0.717) is 53.1 Å². The number of aliphatic imine (C=N–C) groups is 1. The Balaban J connectivity index is 1.51. The van der Waals surface area contributed by atoms with Gasteiger partial charge in [-0.2, -0.15) is 5.26 Å².